The van der Waals surface area contributed by atoms with E-state index in [9.17, 15) is 19.8 Å². The molecule has 3 heterocycles. The van der Waals surface area contributed by atoms with Crippen LogP contribution < -0.4 is 0 Å². The molecule has 0 aromatic rings. The van der Waals surface area contributed by atoms with Crippen LogP contribution >= 0.6 is 0 Å². The van der Waals surface area contributed by atoms with Crippen LogP contribution in [0.25, 0.3) is 0 Å². The van der Waals surface area contributed by atoms with Crippen LogP contribution in [-0.2, 0) is 23.8 Å². The predicted molar refractivity (Wildman–Crippen MR) is 130 cm³/mol. The Bertz CT molecular complexity index is 822. The molecule has 1 saturated carbocycles. The minimum Gasteiger partial charge on any atom is -0.458 e. The molecule has 0 unspecified atom stereocenters. The number of rotatable bonds is 7. The van der Waals surface area contributed by atoms with Gasteiger partial charge in [-0.1, -0.05) is 46.1 Å². The first-order chi connectivity index (χ1) is 16.5. The van der Waals surface area contributed by atoms with Crippen molar-refractivity contribution in [1.82, 2.24) is 0 Å². The van der Waals surface area contributed by atoms with Gasteiger partial charge in [0.1, 0.15) is 12.2 Å². The number of hydrogen-bond acceptors (Lipinski definition) is 7. The summed E-state index contributed by atoms with van der Waals surface area (Å²) in [6, 6.07) is 0. The van der Waals surface area contributed by atoms with Crippen molar-refractivity contribution < 1.29 is 34.0 Å². The second-order valence-corrected chi connectivity index (χ2v) is 11.9. The first-order valence-corrected chi connectivity index (χ1v) is 13.7. The van der Waals surface area contributed by atoms with Gasteiger partial charge in [0, 0.05) is 24.7 Å². The highest BCUT2D eigenvalue weighted by Crippen LogP contribution is 2.59. The molecule has 0 amide bonds. The molecule has 0 aromatic heterocycles. The van der Waals surface area contributed by atoms with Crippen LogP contribution in [0.15, 0.2) is 12.2 Å². The maximum Gasteiger partial charge on any atom is 0.309 e. The third kappa shape index (κ3) is 4.93. The van der Waals surface area contributed by atoms with Gasteiger partial charge in [-0.05, 0) is 51.0 Å². The summed E-state index contributed by atoms with van der Waals surface area (Å²) in [5.74, 6) is -1.36. The predicted octanol–water partition coefficient (Wildman–Crippen LogP) is 4.08. The highest BCUT2D eigenvalue weighted by atomic mass is 16.6. The van der Waals surface area contributed by atoms with Crippen molar-refractivity contribution in [1.29, 1.82) is 0 Å². The third-order valence-corrected chi connectivity index (χ3v) is 9.35. The summed E-state index contributed by atoms with van der Waals surface area (Å²) < 4.78 is 18.8. The standard InChI is InChI=1S/C28H44O7/c1-6-7-8-9-10-11-22(30)34-21-15-19(29)16(2)14-20-24-23-18(12-13-27(24,4)32)17(3)26(31)35-28(21,5)25(23)33-20/h17-21,23-25,29,32H,2,6-15H2,1,3-5H3/t17-,18+,19+,20+,21-,23+,24+,25+,27-,28+/m0/s1. The van der Waals surface area contributed by atoms with E-state index < -0.39 is 29.5 Å². The van der Waals surface area contributed by atoms with E-state index in [0.29, 0.717) is 24.8 Å². The van der Waals surface area contributed by atoms with Crippen molar-refractivity contribution in [2.45, 2.75) is 128 Å². The van der Waals surface area contributed by atoms with Crippen LogP contribution in [0.3, 0.4) is 0 Å². The number of unbranched alkanes of at least 4 members (excludes halogenated alkanes) is 4. The zero-order valence-electron chi connectivity index (χ0n) is 21.8. The van der Waals surface area contributed by atoms with Gasteiger partial charge in [-0.3, -0.25) is 9.59 Å². The number of hydrogen-bond donors (Lipinski definition) is 2. The number of fused-ring (bicyclic) bond motifs is 2. The summed E-state index contributed by atoms with van der Waals surface area (Å²) in [6.07, 6.45) is 4.46. The lowest BCUT2D eigenvalue weighted by atomic mass is 9.58. The van der Waals surface area contributed by atoms with Gasteiger partial charge in [0.15, 0.2) is 5.60 Å². The van der Waals surface area contributed by atoms with Crippen molar-refractivity contribution >= 4 is 11.9 Å². The molecule has 3 aliphatic heterocycles. The molecular weight excluding hydrogens is 448 g/mol. The Balaban J connectivity index is 1.67. The van der Waals surface area contributed by atoms with Crippen molar-refractivity contribution in [2.75, 3.05) is 0 Å². The zero-order chi connectivity index (χ0) is 25.5. The smallest absolute Gasteiger partial charge is 0.309 e. The van der Waals surface area contributed by atoms with Gasteiger partial charge in [-0.15, -0.1) is 0 Å². The number of aliphatic hydroxyl groups is 2. The van der Waals surface area contributed by atoms with E-state index in [1.165, 1.54) is 0 Å². The molecule has 1 aliphatic carbocycles. The van der Waals surface area contributed by atoms with Crippen LogP contribution in [0.2, 0.25) is 0 Å². The molecule has 2 bridgehead atoms. The Labute approximate surface area is 209 Å². The minimum atomic E-state index is -1.27. The quantitative estimate of drug-likeness (QED) is 0.314. The number of aliphatic hydroxyl groups excluding tert-OH is 1. The van der Waals surface area contributed by atoms with Crippen LogP contribution in [0.4, 0.5) is 0 Å². The Morgan fingerprint density at radius 1 is 1.23 bits per heavy atom. The normalized spacial score (nSPS) is 45.1. The van der Waals surface area contributed by atoms with E-state index in [2.05, 4.69) is 13.5 Å². The molecule has 35 heavy (non-hydrogen) atoms. The van der Waals surface area contributed by atoms with E-state index >= 15 is 0 Å². The Kier molecular flexibility index (Phi) is 7.71. The van der Waals surface area contributed by atoms with Crippen molar-refractivity contribution in [3.63, 3.8) is 0 Å². The topological polar surface area (TPSA) is 102 Å². The maximum atomic E-state index is 13.3. The van der Waals surface area contributed by atoms with Crippen LogP contribution in [0.5, 0.6) is 0 Å². The number of esters is 2. The fourth-order valence-corrected chi connectivity index (χ4v) is 7.24. The summed E-state index contributed by atoms with van der Waals surface area (Å²) in [6.45, 7) is 11.8. The molecule has 0 radical (unpaired) electrons. The third-order valence-electron chi connectivity index (χ3n) is 9.35. The Morgan fingerprint density at radius 2 is 1.94 bits per heavy atom. The van der Waals surface area contributed by atoms with Gasteiger partial charge >= 0.3 is 11.9 Å². The number of ether oxygens (including phenoxy) is 3. The number of carbonyl (C=O) groups excluding carboxylic acids is 2. The summed E-state index contributed by atoms with van der Waals surface area (Å²) in [5.41, 5.74) is -1.64. The van der Waals surface area contributed by atoms with E-state index in [1.807, 2.05) is 13.8 Å². The second kappa shape index (κ2) is 10.1. The fraction of sp³-hybridized carbons (Fsp3) is 0.857. The van der Waals surface area contributed by atoms with Crippen molar-refractivity contribution in [3.8, 4) is 0 Å². The highest BCUT2D eigenvalue weighted by Gasteiger charge is 2.67. The number of carbonyl (C=O) groups is 2. The maximum absolute atomic E-state index is 13.3. The minimum absolute atomic E-state index is 0.0112. The molecule has 0 aromatic carbocycles. The van der Waals surface area contributed by atoms with Gasteiger partial charge in [0.25, 0.3) is 0 Å². The van der Waals surface area contributed by atoms with Crippen LogP contribution in [-0.4, -0.2) is 57.8 Å². The highest BCUT2D eigenvalue weighted by molar-refractivity contribution is 5.74. The summed E-state index contributed by atoms with van der Waals surface area (Å²) in [4.78, 5) is 26.2. The van der Waals surface area contributed by atoms with Crippen LogP contribution in [0, 0.1) is 23.7 Å². The lowest BCUT2D eigenvalue weighted by Gasteiger charge is -2.47. The average molecular weight is 493 g/mol. The second-order valence-electron chi connectivity index (χ2n) is 11.9. The average Bonchev–Trinajstić information content (AvgIpc) is 3.16. The van der Waals surface area contributed by atoms with Crippen molar-refractivity contribution in [2.24, 2.45) is 23.7 Å². The molecule has 10 atom stereocenters. The SMILES string of the molecule is C=C1C[C@H]2O[C@@H]3[C@@H]4[C@H](CC[C@](C)(O)[C@@H]42)[C@H](C)C(=O)O[C@]3(C)[C@@H](OC(=O)CCCCCCC)C[C@H]1O. The molecule has 7 nitrogen and oxygen atoms in total. The largest absolute Gasteiger partial charge is 0.458 e. The summed E-state index contributed by atoms with van der Waals surface area (Å²) in [5, 5.41) is 22.4. The summed E-state index contributed by atoms with van der Waals surface area (Å²) >= 11 is 0. The van der Waals surface area contributed by atoms with E-state index in [-0.39, 0.29) is 54.6 Å². The van der Waals surface area contributed by atoms with Gasteiger partial charge in [0.2, 0.25) is 0 Å². The lowest BCUT2D eigenvalue weighted by molar-refractivity contribution is -0.209. The summed E-state index contributed by atoms with van der Waals surface area (Å²) in [7, 11) is 0. The molecule has 2 N–H and O–H groups in total. The van der Waals surface area contributed by atoms with Crippen molar-refractivity contribution in [3.05, 3.63) is 12.2 Å². The first kappa shape index (κ1) is 26.6. The molecule has 0 spiro atoms. The Morgan fingerprint density at radius 3 is 2.66 bits per heavy atom. The molecule has 4 aliphatic rings. The van der Waals surface area contributed by atoms with Crippen LogP contribution in [0.1, 0.15) is 91.9 Å². The molecule has 4 fully saturated rings. The monoisotopic (exact) mass is 492 g/mol. The van der Waals surface area contributed by atoms with Gasteiger partial charge in [0.05, 0.1) is 23.7 Å². The van der Waals surface area contributed by atoms with Gasteiger partial charge in [-0.25, -0.2) is 0 Å². The molecule has 4 rings (SSSR count). The molecule has 198 valence electrons. The van der Waals surface area contributed by atoms with Gasteiger partial charge < -0.3 is 24.4 Å². The molecule has 3 saturated heterocycles. The van der Waals surface area contributed by atoms with E-state index in [1.54, 1.807) is 6.92 Å². The fourth-order valence-electron chi connectivity index (χ4n) is 7.24. The Hall–Kier alpha value is -1.44. The van der Waals surface area contributed by atoms with E-state index in [4.69, 9.17) is 14.2 Å². The molecule has 7 heteroatoms. The molecular formula is C28H44O7. The lowest BCUT2D eigenvalue weighted by Crippen LogP contribution is -2.58. The van der Waals surface area contributed by atoms with Gasteiger partial charge in [-0.2, -0.15) is 0 Å². The zero-order valence-corrected chi connectivity index (χ0v) is 21.8. The van der Waals surface area contributed by atoms with E-state index in [0.717, 1.165) is 32.1 Å². The first-order valence-electron chi connectivity index (χ1n) is 13.7.